The highest BCUT2D eigenvalue weighted by molar-refractivity contribution is 6.26. The van der Waals surface area contributed by atoms with Gasteiger partial charge in [0.05, 0.1) is 40.9 Å². The van der Waals surface area contributed by atoms with Crippen LogP contribution in [-0.4, -0.2) is 106 Å². The summed E-state index contributed by atoms with van der Waals surface area (Å²) < 4.78 is 37.6. The van der Waals surface area contributed by atoms with E-state index in [0.717, 1.165) is 6.54 Å². The highest BCUT2D eigenvalue weighted by Crippen LogP contribution is 2.55. The quantitative estimate of drug-likeness (QED) is 0.122. The van der Waals surface area contributed by atoms with Crippen LogP contribution in [0, 0.1) is 56.8 Å². The van der Waals surface area contributed by atoms with Crippen molar-refractivity contribution in [3.63, 3.8) is 0 Å². The predicted octanol–water partition coefficient (Wildman–Crippen LogP) is 9.20. The van der Waals surface area contributed by atoms with Gasteiger partial charge in [-0.05, 0) is 78.2 Å². The molecule has 384 valence electrons. The number of aliphatic hydroxyl groups excluding tert-OH is 2. The number of hydrogen-bond acceptors (Lipinski definition) is 15. The number of aryl methyl sites for hydroxylation is 3. The molecule has 3 aromatic carbocycles. The van der Waals surface area contributed by atoms with Crippen molar-refractivity contribution in [2.24, 2.45) is 29.1 Å². The number of benzene rings is 3. The van der Waals surface area contributed by atoms with Gasteiger partial charge in [0.2, 0.25) is 5.89 Å². The fraction of sp³-hybridized carbons (Fsp3) is 0.536. The molecule has 0 aliphatic carbocycles. The molecule has 0 radical (unpaired) electrons. The second-order valence-electron chi connectivity index (χ2n) is 21.3. The molecular weight excluding hydrogens is 907 g/mol. The lowest BCUT2D eigenvalue weighted by Crippen LogP contribution is -2.46. The van der Waals surface area contributed by atoms with E-state index in [9.17, 15) is 24.9 Å². The maximum absolute atomic E-state index is 15.2. The summed E-state index contributed by atoms with van der Waals surface area (Å²) in [6.45, 7) is 28.1. The molecule has 6 bridgehead atoms. The Morgan fingerprint density at radius 2 is 1.56 bits per heavy atom. The Morgan fingerprint density at radius 3 is 2.17 bits per heavy atom. The van der Waals surface area contributed by atoms with E-state index in [1.54, 1.807) is 59.8 Å². The maximum Gasteiger partial charge on any atom is 0.316 e. The fourth-order valence-corrected chi connectivity index (χ4v) is 10.4. The van der Waals surface area contributed by atoms with E-state index in [4.69, 9.17) is 33.1 Å². The van der Waals surface area contributed by atoms with Gasteiger partial charge >= 0.3 is 17.7 Å². The summed E-state index contributed by atoms with van der Waals surface area (Å²) in [6, 6.07) is 4.41. The fourth-order valence-electron chi connectivity index (χ4n) is 10.4. The third kappa shape index (κ3) is 10.2. The molecule has 1 fully saturated rings. The molecule has 1 saturated heterocycles. The first-order valence-electron chi connectivity index (χ1n) is 24.7. The summed E-state index contributed by atoms with van der Waals surface area (Å²) in [5.41, 5.74) is 5.76. The number of aromatic nitrogens is 1. The number of oxazole rings is 1. The summed E-state index contributed by atoms with van der Waals surface area (Å²) in [4.78, 5) is 51.1. The van der Waals surface area contributed by atoms with E-state index in [1.165, 1.54) is 49.5 Å². The van der Waals surface area contributed by atoms with Crippen LogP contribution < -0.4 is 14.4 Å². The van der Waals surface area contributed by atoms with Gasteiger partial charge < -0.3 is 48.3 Å². The zero-order chi connectivity index (χ0) is 52.2. The molecule has 1 aromatic heterocycles. The number of esters is 2. The van der Waals surface area contributed by atoms with Crippen molar-refractivity contribution in [3.8, 4) is 17.2 Å². The lowest BCUT2D eigenvalue weighted by molar-refractivity contribution is -0.160. The van der Waals surface area contributed by atoms with Gasteiger partial charge in [0, 0.05) is 93.9 Å². The lowest BCUT2D eigenvalue weighted by atomic mass is 9.78. The second-order valence-corrected chi connectivity index (χ2v) is 21.3. The van der Waals surface area contributed by atoms with Gasteiger partial charge in [-0.3, -0.25) is 19.3 Å². The van der Waals surface area contributed by atoms with Crippen LogP contribution in [0.2, 0.25) is 0 Å². The maximum atomic E-state index is 15.2. The molecule has 0 spiro atoms. The van der Waals surface area contributed by atoms with Gasteiger partial charge in [0.1, 0.15) is 34.6 Å². The van der Waals surface area contributed by atoms with Crippen molar-refractivity contribution in [1.82, 2.24) is 9.88 Å². The monoisotopic (exact) mass is 980 g/mol. The molecule has 71 heavy (non-hydrogen) atoms. The molecule has 4 heterocycles. The summed E-state index contributed by atoms with van der Waals surface area (Å²) in [6.07, 6.45) is 4.52. The number of rotatable bonds is 6. The van der Waals surface area contributed by atoms with Gasteiger partial charge in [-0.15, -0.1) is 0 Å². The number of allylic oxidation sites excluding steroid dienone is 3. The van der Waals surface area contributed by atoms with Gasteiger partial charge in [-0.2, -0.15) is 0 Å². The first-order chi connectivity index (χ1) is 33.3. The van der Waals surface area contributed by atoms with Crippen molar-refractivity contribution in [2.45, 2.75) is 134 Å². The van der Waals surface area contributed by atoms with E-state index >= 15 is 4.79 Å². The molecule has 3 aliphatic heterocycles. The number of phenolic OH excluding ortho intramolecular Hbond substituents is 1. The minimum Gasteiger partial charge on any atom is -0.505 e. The summed E-state index contributed by atoms with van der Waals surface area (Å²) in [7, 11) is 1.48. The summed E-state index contributed by atoms with van der Waals surface area (Å²) >= 11 is 0. The number of nitrogens with zero attached hydrogens (tertiary/aromatic N) is 3. The van der Waals surface area contributed by atoms with E-state index in [2.05, 4.69) is 42.7 Å². The van der Waals surface area contributed by atoms with E-state index in [-0.39, 0.29) is 45.1 Å². The third-order valence-electron chi connectivity index (χ3n) is 14.8. The Morgan fingerprint density at radius 1 is 0.915 bits per heavy atom. The number of aliphatic hydroxyl groups is 2. The lowest BCUT2D eigenvalue weighted by Gasteiger charge is -2.38. The number of fused-ring (bicyclic) bond motifs is 2. The average molecular weight is 980 g/mol. The molecule has 3 aliphatic rings. The molecule has 3 N–H and O–H groups in total. The summed E-state index contributed by atoms with van der Waals surface area (Å²) in [5, 5.41) is 36.5. The predicted molar refractivity (Wildman–Crippen MR) is 273 cm³/mol. The minimum atomic E-state index is -2.00. The van der Waals surface area contributed by atoms with Crippen LogP contribution in [0.1, 0.15) is 113 Å². The highest BCUT2D eigenvalue weighted by Gasteiger charge is 2.50. The minimum absolute atomic E-state index is 0.0103. The number of carbonyl (C=O) groups is 3. The zero-order valence-corrected chi connectivity index (χ0v) is 44.1. The molecule has 0 amide bonds. The molecule has 0 unspecified atom stereocenters. The third-order valence-corrected chi connectivity index (χ3v) is 14.8. The normalized spacial score (nSPS) is 28.5. The van der Waals surface area contributed by atoms with Gasteiger partial charge in [-0.25, -0.2) is 4.98 Å². The standard InChI is InChI=1S/C56H73N3O12/c1-28-25-31(4)38(32(5)26-28)27-58-20-22-59(23-21-58)44-43-51-41-40(47(44)63)42-50(36(9)49(41)70-54(65)55(11,12)13)71-56(14,52(42)64)67-24-19-39(66-15)33(6)48(68-37(10)60)35(8)46(62)34(7)45(61)29(2)17-16-18-30(3)53(57-43)69-51/h16-19,24-26,29,33-35,39,45-46,48,61-63H,20-23,27H2,1-15H3/b17-16+,24-19+,30-18-/t29-,33+,34+,35+,39-,45-,46+,48-,56-/m0/s1. The van der Waals surface area contributed by atoms with Gasteiger partial charge in [0.25, 0.3) is 5.78 Å². The largest absolute Gasteiger partial charge is 0.505 e. The van der Waals surface area contributed by atoms with Gasteiger partial charge in [-0.1, -0.05) is 63.6 Å². The molecular formula is C56H73N3O12. The smallest absolute Gasteiger partial charge is 0.316 e. The first kappa shape index (κ1) is 53.1. The Labute approximate surface area is 417 Å². The van der Waals surface area contributed by atoms with Crippen LogP contribution in [0.4, 0.5) is 5.69 Å². The molecule has 0 saturated carbocycles. The first-order valence-corrected chi connectivity index (χ1v) is 24.7. The van der Waals surface area contributed by atoms with Crippen molar-refractivity contribution >= 4 is 50.9 Å². The topological polar surface area (TPSA) is 191 Å². The number of hydrogen-bond donors (Lipinski definition) is 3. The van der Waals surface area contributed by atoms with Crippen LogP contribution in [0.3, 0.4) is 0 Å². The van der Waals surface area contributed by atoms with Crippen LogP contribution in [0.25, 0.3) is 27.4 Å². The van der Waals surface area contributed by atoms with Crippen LogP contribution >= 0.6 is 0 Å². The SMILES string of the molecule is CO[C@H]1/C=C/O[C@@]2(C)Oc3c(C)c(OC(=O)C(C)(C)C)c4c(c(O)c(N5CCN(Cc6c(C)cc(C)cc6C)CC5)c5nc(oc54)/C(C)=C\C=C\[C@H](C)[C@H](O)[C@@H](C)[C@@H](O)[C@@H](C)[C@@H](OC(C)=O)[C@@H]1C)c3C2=O. The van der Waals surface area contributed by atoms with Crippen molar-refractivity contribution in [3.05, 3.63) is 82.0 Å². The van der Waals surface area contributed by atoms with Crippen LogP contribution in [-0.2, 0) is 30.3 Å². The van der Waals surface area contributed by atoms with E-state index in [1.807, 2.05) is 26.8 Å². The van der Waals surface area contributed by atoms with Gasteiger partial charge in [0.15, 0.2) is 5.58 Å². The van der Waals surface area contributed by atoms with E-state index < -0.39 is 77.0 Å². The number of ketones is 1. The number of methoxy groups -OCH3 is 1. The second kappa shape index (κ2) is 20.4. The van der Waals surface area contributed by atoms with E-state index in [0.29, 0.717) is 48.5 Å². The molecule has 15 heteroatoms. The number of phenols is 1. The number of carbonyl (C=O) groups excluding carboxylic acids is 3. The number of aromatic hydroxyl groups is 1. The number of Topliss-reactive ketones (excluding diaryl/α,β-unsaturated/α-hetero) is 1. The zero-order valence-electron chi connectivity index (χ0n) is 44.1. The Bertz CT molecular complexity index is 2790. The molecule has 7 rings (SSSR count). The number of piperazine rings is 1. The molecule has 9 atom stereocenters. The van der Waals surface area contributed by atoms with Crippen molar-refractivity contribution in [2.75, 3.05) is 38.2 Å². The summed E-state index contributed by atoms with van der Waals surface area (Å²) in [5.74, 6) is -6.04. The van der Waals surface area contributed by atoms with Crippen LogP contribution in [0.15, 0.2) is 47.1 Å². The highest BCUT2D eigenvalue weighted by atomic mass is 16.7. The number of anilines is 1. The Hall–Kier alpha value is -5.74. The Balaban J connectivity index is 1.44. The van der Waals surface area contributed by atoms with Crippen molar-refractivity contribution < 1.29 is 57.8 Å². The number of ether oxygens (including phenoxy) is 5. The molecule has 15 nitrogen and oxygen atoms in total. The van der Waals surface area contributed by atoms with Crippen molar-refractivity contribution in [1.29, 1.82) is 0 Å². The average Bonchev–Trinajstić information content (AvgIpc) is 3.86. The molecule has 4 aromatic rings. The van der Waals surface area contributed by atoms with Crippen LogP contribution in [0.5, 0.6) is 17.2 Å². The Kier molecular flexibility index (Phi) is 15.3.